The van der Waals surface area contributed by atoms with Crippen molar-refractivity contribution >= 4 is 5.69 Å². The standard InChI is InChI=1S/C14H20N2O/c1-12-10-14(7-6-13(12)11-15)16-8-4-3-5-9-17-2/h6-7,10,16H,3-5,8-9H2,1-2H3. The second-order valence-electron chi connectivity index (χ2n) is 4.12. The number of anilines is 1. The van der Waals surface area contributed by atoms with Gasteiger partial charge in [0, 0.05) is 25.9 Å². The van der Waals surface area contributed by atoms with Crippen LogP contribution in [0.25, 0.3) is 0 Å². The molecule has 0 fully saturated rings. The molecule has 0 aliphatic heterocycles. The summed E-state index contributed by atoms with van der Waals surface area (Å²) in [5.41, 5.74) is 2.86. The second-order valence-corrected chi connectivity index (χ2v) is 4.12. The Balaban J connectivity index is 2.28. The summed E-state index contributed by atoms with van der Waals surface area (Å²) >= 11 is 0. The topological polar surface area (TPSA) is 45.0 Å². The van der Waals surface area contributed by atoms with Crippen LogP contribution < -0.4 is 5.32 Å². The third-order valence-corrected chi connectivity index (χ3v) is 2.70. The lowest BCUT2D eigenvalue weighted by Crippen LogP contribution is -2.02. The number of unbranched alkanes of at least 4 members (excludes halogenated alkanes) is 2. The Hall–Kier alpha value is -1.53. The third-order valence-electron chi connectivity index (χ3n) is 2.70. The number of nitriles is 1. The first-order valence-corrected chi connectivity index (χ1v) is 6.01. The van der Waals surface area contributed by atoms with Gasteiger partial charge in [0.2, 0.25) is 0 Å². The molecule has 1 aromatic rings. The minimum absolute atomic E-state index is 0.746. The highest BCUT2D eigenvalue weighted by Gasteiger charge is 1.98. The molecule has 17 heavy (non-hydrogen) atoms. The minimum Gasteiger partial charge on any atom is -0.385 e. The average Bonchev–Trinajstić information content (AvgIpc) is 2.34. The molecule has 3 heteroatoms. The van der Waals surface area contributed by atoms with E-state index in [2.05, 4.69) is 11.4 Å². The molecule has 0 bridgehead atoms. The molecule has 0 saturated carbocycles. The Morgan fingerprint density at radius 1 is 1.29 bits per heavy atom. The van der Waals surface area contributed by atoms with E-state index in [1.54, 1.807) is 7.11 Å². The summed E-state index contributed by atoms with van der Waals surface area (Å²) < 4.78 is 5.00. The fourth-order valence-electron chi connectivity index (χ4n) is 1.68. The zero-order valence-corrected chi connectivity index (χ0v) is 10.6. The summed E-state index contributed by atoms with van der Waals surface area (Å²) in [6.45, 7) is 3.77. The van der Waals surface area contributed by atoms with Gasteiger partial charge in [-0.2, -0.15) is 5.26 Å². The summed E-state index contributed by atoms with van der Waals surface area (Å²) in [7, 11) is 1.73. The Bertz CT molecular complexity index is 382. The van der Waals surface area contributed by atoms with E-state index in [1.165, 1.54) is 6.42 Å². The molecule has 0 heterocycles. The molecule has 1 N–H and O–H groups in total. The average molecular weight is 232 g/mol. The van der Waals surface area contributed by atoms with Crippen molar-refractivity contribution < 1.29 is 4.74 Å². The number of methoxy groups -OCH3 is 1. The molecule has 0 radical (unpaired) electrons. The number of ether oxygens (including phenoxy) is 1. The molecule has 0 aliphatic carbocycles. The van der Waals surface area contributed by atoms with E-state index in [1.807, 2.05) is 25.1 Å². The summed E-state index contributed by atoms with van der Waals surface area (Å²) in [4.78, 5) is 0. The zero-order chi connectivity index (χ0) is 12.5. The molecule has 0 aromatic heterocycles. The largest absolute Gasteiger partial charge is 0.385 e. The van der Waals surface area contributed by atoms with Crippen LogP contribution in [0.3, 0.4) is 0 Å². The summed E-state index contributed by atoms with van der Waals surface area (Å²) in [5, 5.41) is 12.2. The van der Waals surface area contributed by atoms with Crippen LogP contribution in [0, 0.1) is 18.3 Å². The number of nitrogens with one attached hydrogen (secondary N) is 1. The van der Waals surface area contributed by atoms with Gasteiger partial charge in [-0.15, -0.1) is 0 Å². The van der Waals surface area contributed by atoms with Gasteiger partial charge in [0.15, 0.2) is 0 Å². The van der Waals surface area contributed by atoms with Crippen molar-refractivity contribution in [2.24, 2.45) is 0 Å². The molecule has 1 rings (SSSR count). The van der Waals surface area contributed by atoms with Gasteiger partial charge in [-0.05, 0) is 49.9 Å². The molecule has 92 valence electrons. The van der Waals surface area contributed by atoms with Crippen LogP contribution in [0.4, 0.5) is 5.69 Å². The van der Waals surface area contributed by atoms with Gasteiger partial charge >= 0.3 is 0 Å². The third kappa shape index (κ3) is 4.88. The quantitative estimate of drug-likeness (QED) is 0.735. The van der Waals surface area contributed by atoms with E-state index in [9.17, 15) is 0 Å². The Kier molecular flexibility index (Phi) is 6.13. The Labute approximate surface area is 103 Å². The van der Waals surface area contributed by atoms with Crippen molar-refractivity contribution in [2.75, 3.05) is 25.6 Å². The van der Waals surface area contributed by atoms with Crippen molar-refractivity contribution in [3.8, 4) is 6.07 Å². The van der Waals surface area contributed by atoms with Gasteiger partial charge < -0.3 is 10.1 Å². The van der Waals surface area contributed by atoms with E-state index in [-0.39, 0.29) is 0 Å². The van der Waals surface area contributed by atoms with Crippen LogP contribution in [0.1, 0.15) is 30.4 Å². The maximum atomic E-state index is 8.82. The van der Waals surface area contributed by atoms with Crippen molar-refractivity contribution in [3.63, 3.8) is 0 Å². The molecule has 0 aliphatic rings. The molecule has 0 unspecified atom stereocenters. The van der Waals surface area contributed by atoms with Crippen LogP contribution in [0.15, 0.2) is 18.2 Å². The number of nitrogens with zero attached hydrogens (tertiary/aromatic N) is 1. The number of benzene rings is 1. The van der Waals surface area contributed by atoms with Crippen molar-refractivity contribution in [2.45, 2.75) is 26.2 Å². The monoisotopic (exact) mass is 232 g/mol. The lowest BCUT2D eigenvalue weighted by molar-refractivity contribution is 0.192. The second kappa shape index (κ2) is 7.70. The highest BCUT2D eigenvalue weighted by molar-refractivity contribution is 5.51. The SMILES string of the molecule is COCCCCCNc1ccc(C#N)c(C)c1. The van der Waals surface area contributed by atoms with Crippen molar-refractivity contribution in [1.82, 2.24) is 0 Å². The molecule has 3 nitrogen and oxygen atoms in total. The zero-order valence-electron chi connectivity index (χ0n) is 10.6. The highest BCUT2D eigenvalue weighted by Crippen LogP contribution is 2.14. The molecule has 0 spiro atoms. The van der Waals surface area contributed by atoms with E-state index in [0.717, 1.165) is 42.8 Å². The fraction of sp³-hybridized carbons (Fsp3) is 0.500. The van der Waals surface area contributed by atoms with Crippen LogP contribution in [0.5, 0.6) is 0 Å². The van der Waals surface area contributed by atoms with E-state index in [0.29, 0.717) is 0 Å². The van der Waals surface area contributed by atoms with Crippen LogP contribution in [-0.2, 0) is 4.74 Å². The van der Waals surface area contributed by atoms with Gasteiger partial charge in [0.1, 0.15) is 0 Å². The maximum Gasteiger partial charge on any atom is 0.0994 e. The van der Waals surface area contributed by atoms with Gasteiger partial charge in [-0.3, -0.25) is 0 Å². The van der Waals surface area contributed by atoms with Crippen LogP contribution in [0.2, 0.25) is 0 Å². The molecule has 1 aromatic carbocycles. The first-order chi connectivity index (χ1) is 8.27. The van der Waals surface area contributed by atoms with Crippen molar-refractivity contribution in [3.05, 3.63) is 29.3 Å². The Morgan fingerprint density at radius 3 is 2.76 bits per heavy atom. The predicted octanol–water partition coefficient (Wildman–Crippen LogP) is 3.10. The lowest BCUT2D eigenvalue weighted by Gasteiger charge is -2.07. The lowest BCUT2D eigenvalue weighted by atomic mass is 10.1. The number of hydrogen-bond acceptors (Lipinski definition) is 3. The minimum atomic E-state index is 0.746. The smallest absolute Gasteiger partial charge is 0.0994 e. The molecule has 0 saturated heterocycles. The highest BCUT2D eigenvalue weighted by atomic mass is 16.5. The van der Waals surface area contributed by atoms with Gasteiger partial charge in [0.05, 0.1) is 11.6 Å². The van der Waals surface area contributed by atoms with Gasteiger partial charge in [-0.25, -0.2) is 0 Å². The Morgan fingerprint density at radius 2 is 2.12 bits per heavy atom. The van der Waals surface area contributed by atoms with Crippen molar-refractivity contribution in [1.29, 1.82) is 5.26 Å². The van der Waals surface area contributed by atoms with E-state index >= 15 is 0 Å². The summed E-state index contributed by atoms with van der Waals surface area (Å²) in [6.07, 6.45) is 3.43. The molecule has 0 amide bonds. The summed E-state index contributed by atoms with van der Waals surface area (Å²) in [6, 6.07) is 8.02. The van der Waals surface area contributed by atoms with Crippen LogP contribution >= 0.6 is 0 Å². The molecule has 0 atom stereocenters. The van der Waals surface area contributed by atoms with E-state index < -0.39 is 0 Å². The van der Waals surface area contributed by atoms with Gasteiger partial charge in [-0.1, -0.05) is 0 Å². The molecular formula is C14H20N2O. The van der Waals surface area contributed by atoms with E-state index in [4.69, 9.17) is 10.00 Å². The number of hydrogen-bond donors (Lipinski definition) is 1. The van der Waals surface area contributed by atoms with Gasteiger partial charge in [0.25, 0.3) is 0 Å². The number of rotatable bonds is 7. The fourth-order valence-corrected chi connectivity index (χ4v) is 1.68. The number of aryl methyl sites for hydroxylation is 1. The summed E-state index contributed by atoms with van der Waals surface area (Å²) in [5.74, 6) is 0. The molecular weight excluding hydrogens is 212 g/mol. The normalized spacial score (nSPS) is 9.94. The van der Waals surface area contributed by atoms with Crippen LogP contribution in [-0.4, -0.2) is 20.3 Å². The first kappa shape index (κ1) is 13.5. The maximum absolute atomic E-state index is 8.82. The first-order valence-electron chi connectivity index (χ1n) is 6.01. The predicted molar refractivity (Wildman–Crippen MR) is 70.1 cm³/mol.